The van der Waals surface area contributed by atoms with E-state index < -0.39 is 10.0 Å². The highest BCUT2D eigenvalue weighted by Gasteiger charge is 2.28. The number of sulfonamides is 1. The lowest BCUT2D eigenvalue weighted by molar-refractivity contribution is -0.120. The Morgan fingerprint density at radius 1 is 1.39 bits per heavy atom. The van der Waals surface area contributed by atoms with E-state index >= 15 is 0 Å². The molecule has 0 spiro atoms. The van der Waals surface area contributed by atoms with Crippen LogP contribution in [0.3, 0.4) is 0 Å². The summed E-state index contributed by atoms with van der Waals surface area (Å²) in [6.07, 6.45) is 1.58. The van der Waals surface area contributed by atoms with Crippen molar-refractivity contribution in [2.24, 2.45) is 0 Å². The smallest absolute Gasteiger partial charge is 0.246 e. The molecule has 0 atom stereocenters. The molecular weight excluding hydrogens is 256 g/mol. The van der Waals surface area contributed by atoms with E-state index in [1.165, 1.54) is 22.6 Å². The van der Waals surface area contributed by atoms with E-state index in [2.05, 4.69) is 10.3 Å². The molecule has 0 aromatic carbocycles. The van der Waals surface area contributed by atoms with Crippen LogP contribution in [0.2, 0.25) is 0 Å². The number of aromatic nitrogens is 1. The third-order valence-corrected chi connectivity index (χ3v) is 4.64. The molecule has 7 nitrogen and oxygen atoms in total. The van der Waals surface area contributed by atoms with E-state index in [9.17, 15) is 13.2 Å². The number of carbonyl (C=O) groups excluding carboxylic acids is 1. The molecule has 18 heavy (non-hydrogen) atoms. The molecule has 0 bridgehead atoms. The molecule has 1 aromatic rings. The molecule has 1 fully saturated rings. The minimum Gasteiger partial charge on any atom is -0.383 e. The van der Waals surface area contributed by atoms with E-state index in [1.54, 1.807) is 0 Å². The first-order chi connectivity index (χ1) is 8.51. The number of amides is 1. The second kappa shape index (κ2) is 4.91. The molecule has 0 aliphatic carbocycles. The molecular formula is C10H14N4O3S. The van der Waals surface area contributed by atoms with Gasteiger partial charge in [0.2, 0.25) is 15.9 Å². The molecule has 1 aromatic heterocycles. The average molecular weight is 270 g/mol. The highest BCUT2D eigenvalue weighted by atomic mass is 32.2. The monoisotopic (exact) mass is 270 g/mol. The Labute approximate surface area is 105 Å². The number of nitrogens with one attached hydrogen (secondary N) is 1. The van der Waals surface area contributed by atoms with Crippen molar-refractivity contribution in [3.8, 4) is 0 Å². The summed E-state index contributed by atoms with van der Waals surface area (Å²) in [7, 11) is -3.69. The third-order valence-electron chi connectivity index (χ3n) is 2.69. The summed E-state index contributed by atoms with van der Waals surface area (Å²) in [6.45, 7) is 0.698. The van der Waals surface area contributed by atoms with Gasteiger partial charge in [-0.15, -0.1) is 0 Å². The van der Waals surface area contributed by atoms with Crippen LogP contribution in [-0.4, -0.2) is 43.2 Å². The number of nitrogens with zero attached hydrogens (tertiary/aromatic N) is 2. The van der Waals surface area contributed by atoms with E-state index in [0.29, 0.717) is 6.54 Å². The molecule has 0 saturated carbocycles. The number of pyridine rings is 1. The Morgan fingerprint density at radius 3 is 2.89 bits per heavy atom. The van der Waals surface area contributed by atoms with Gasteiger partial charge in [-0.2, -0.15) is 4.31 Å². The summed E-state index contributed by atoms with van der Waals surface area (Å²) in [5.41, 5.74) is 5.58. The van der Waals surface area contributed by atoms with Gasteiger partial charge in [0.15, 0.2) is 0 Å². The predicted molar refractivity (Wildman–Crippen MR) is 65.0 cm³/mol. The largest absolute Gasteiger partial charge is 0.383 e. The number of nitrogens with two attached hydrogens (primary N) is 1. The fraction of sp³-hybridized carbons (Fsp3) is 0.400. The Balaban J connectivity index is 2.31. The minimum absolute atomic E-state index is 0.0145. The number of hydrogen-bond acceptors (Lipinski definition) is 5. The first-order valence-corrected chi connectivity index (χ1v) is 6.93. The highest BCUT2D eigenvalue weighted by molar-refractivity contribution is 7.89. The second-order valence-corrected chi connectivity index (χ2v) is 5.80. The summed E-state index contributed by atoms with van der Waals surface area (Å²) >= 11 is 0. The molecule has 0 unspecified atom stereocenters. The van der Waals surface area contributed by atoms with E-state index in [1.807, 2.05) is 0 Å². The van der Waals surface area contributed by atoms with Gasteiger partial charge in [0.25, 0.3) is 0 Å². The van der Waals surface area contributed by atoms with Crippen molar-refractivity contribution in [3.05, 3.63) is 18.3 Å². The van der Waals surface area contributed by atoms with Crippen molar-refractivity contribution in [1.82, 2.24) is 14.6 Å². The number of rotatable bonds is 2. The number of anilines is 1. The first kappa shape index (κ1) is 12.8. The lowest BCUT2D eigenvalue weighted by Crippen LogP contribution is -2.34. The van der Waals surface area contributed by atoms with E-state index in [4.69, 9.17) is 5.73 Å². The van der Waals surface area contributed by atoms with Crippen molar-refractivity contribution in [2.45, 2.75) is 11.3 Å². The Kier molecular flexibility index (Phi) is 3.48. The highest BCUT2D eigenvalue weighted by Crippen LogP contribution is 2.20. The molecule has 0 radical (unpaired) electrons. The van der Waals surface area contributed by atoms with Crippen LogP contribution in [0.15, 0.2) is 23.2 Å². The zero-order chi connectivity index (χ0) is 13.2. The van der Waals surface area contributed by atoms with Gasteiger partial charge in [-0.3, -0.25) is 4.79 Å². The van der Waals surface area contributed by atoms with Gasteiger partial charge < -0.3 is 11.1 Å². The zero-order valence-corrected chi connectivity index (χ0v) is 10.5. The van der Waals surface area contributed by atoms with Gasteiger partial charge in [-0.25, -0.2) is 13.4 Å². The number of hydrogen-bond donors (Lipinski definition) is 2. The fourth-order valence-electron chi connectivity index (χ4n) is 1.75. The lowest BCUT2D eigenvalue weighted by atomic mass is 10.4. The van der Waals surface area contributed by atoms with Crippen LogP contribution in [0, 0.1) is 0 Å². The summed E-state index contributed by atoms with van der Waals surface area (Å²) in [4.78, 5) is 14.9. The van der Waals surface area contributed by atoms with E-state index in [-0.39, 0.29) is 36.1 Å². The SMILES string of the molecule is Nc1ncccc1S(=O)(=O)N1CCNC(=O)CC1. The minimum atomic E-state index is -3.69. The molecule has 3 N–H and O–H groups in total. The maximum Gasteiger partial charge on any atom is 0.246 e. The third kappa shape index (κ3) is 2.44. The summed E-state index contributed by atoms with van der Waals surface area (Å²) in [5, 5.41) is 2.62. The molecule has 98 valence electrons. The first-order valence-electron chi connectivity index (χ1n) is 5.49. The molecule has 2 rings (SSSR count). The second-order valence-electron chi connectivity index (χ2n) is 3.89. The quantitative estimate of drug-likeness (QED) is 0.730. The fourth-order valence-corrected chi connectivity index (χ4v) is 3.26. The standard InChI is InChI=1S/C10H14N4O3S/c11-10-8(2-1-4-13-10)18(16,17)14-6-3-9(15)12-5-7-14/h1-2,4H,3,5-7H2,(H2,11,13)(H,12,15). The molecule has 2 heterocycles. The van der Waals surface area contributed by atoms with Crippen molar-refractivity contribution >= 4 is 21.7 Å². The van der Waals surface area contributed by atoms with Crippen molar-refractivity contribution in [3.63, 3.8) is 0 Å². The van der Waals surface area contributed by atoms with Gasteiger partial charge >= 0.3 is 0 Å². The normalized spacial score (nSPS) is 18.1. The Bertz CT molecular complexity index is 558. The van der Waals surface area contributed by atoms with Gasteiger partial charge in [-0.05, 0) is 12.1 Å². The summed E-state index contributed by atoms with van der Waals surface area (Å²) < 4.78 is 25.9. The predicted octanol–water partition coefficient (Wildman–Crippen LogP) is -0.826. The Hall–Kier alpha value is -1.67. The van der Waals surface area contributed by atoms with Crippen LogP contribution in [-0.2, 0) is 14.8 Å². The summed E-state index contributed by atoms with van der Waals surface area (Å²) in [5.74, 6) is -0.173. The van der Waals surface area contributed by atoms with Crippen LogP contribution in [0.1, 0.15) is 6.42 Å². The van der Waals surface area contributed by atoms with Crippen LogP contribution >= 0.6 is 0 Å². The van der Waals surface area contributed by atoms with E-state index in [0.717, 1.165) is 0 Å². The molecule has 1 amide bonds. The van der Waals surface area contributed by atoms with Crippen molar-refractivity contribution < 1.29 is 13.2 Å². The number of nitrogen functional groups attached to an aromatic ring is 1. The van der Waals surface area contributed by atoms with Gasteiger partial charge in [0.1, 0.15) is 10.7 Å². The van der Waals surface area contributed by atoms with Gasteiger partial charge in [0, 0.05) is 32.3 Å². The molecule has 1 aliphatic rings. The maximum absolute atomic E-state index is 12.3. The number of carbonyl (C=O) groups is 1. The Morgan fingerprint density at radius 2 is 2.17 bits per heavy atom. The average Bonchev–Trinajstić information content (AvgIpc) is 2.54. The maximum atomic E-state index is 12.3. The molecule has 1 saturated heterocycles. The molecule has 8 heteroatoms. The van der Waals surface area contributed by atoms with Crippen LogP contribution in [0.25, 0.3) is 0 Å². The summed E-state index contributed by atoms with van der Waals surface area (Å²) in [6, 6.07) is 2.93. The van der Waals surface area contributed by atoms with Gasteiger partial charge in [-0.1, -0.05) is 0 Å². The zero-order valence-electron chi connectivity index (χ0n) is 9.67. The van der Waals surface area contributed by atoms with Gasteiger partial charge in [0.05, 0.1) is 0 Å². The van der Waals surface area contributed by atoms with Crippen LogP contribution in [0.5, 0.6) is 0 Å². The van der Waals surface area contributed by atoms with Crippen LogP contribution in [0.4, 0.5) is 5.82 Å². The van der Waals surface area contributed by atoms with Crippen molar-refractivity contribution in [2.75, 3.05) is 25.4 Å². The topological polar surface area (TPSA) is 105 Å². The van der Waals surface area contributed by atoms with Crippen molar-refractivity contribution in [1.29, 1.82) is 0 Å². The lowest BCUT2D eigenvalue weighted by Gasteiger charge is -2.19. The molecule has 1 aliphatic heterocycles. The van der Waals surface area contributed by atoms with Crippen LogP contribution < -0.4 is 11.1 Å².